The van der Waals surface area contributed by atoms with Gasteiger partial charge in [-0.3, -0.25) is 0 Å². The van der Waals surface area contributed by atoms with Crippen LogP contribution in [0.5, 0.6) is 11.5 Å². The third kappa shape index (κ3) is 3.68. The van der Waals surface area contributed by atoms with Crippen LogP contribution in [0.15, 0.2) is 24.4 Å². The van der Waals surface area contributed by atoms with Gasteiger partial charge in [0.05, 0.1) is 32.2 Å². The van der Waals surface area contributed by atoms with Crippen molar-refractivity contribution in [1.82, 2.24) is 15.2 Å². The average molecular weight is 316 g/mol. The summed E-state index contributed by atoms with van der Waals surface area (Å²) in [5.74, 6) is 1.82. The first-order valence-corrected chi connectivity index (χ1v) is 7.57. The predicted octanol–water partition coefficient (Wildman–Crippen LogP) is 2.15. The van der Waals surface area contributed by atoms with E-state index >= 15 is 0 Å². The Labute approximate surface area is 135 Å². The first-order chi connectivity index (χ1) is 11.3. The van der Waals surface area contributed by atoms with Gasteiger partial charge in [-0.15, -0.1) is 5.10 Å². The molecule has 122 valence electrons. The molecule has 7 nitrogen and oxygen atoms in total. The van der Waals surface area contributed by atoms with Crippen molar-refractivity contribution in [2.24, 2.45) is 0 Å². The number of aromatic nitrogens is 3. The maximum Gasteiger partial charge on any atom is 0.243 e. The summed E-state index contributed by atoms with van der Waals surface area (Å²) < 4.78 is 16.1. The van der Waals surface area contributed by atoms with Gasteiger partial charge >= 0.3 is 0 Å². The summed E-state index contributed by atoms with van der Waals surface area (Å²) in [5, 5.41) is 11.2. The number of nitrogens with zero attached hydrogens (tertiary/aromatic N) is 3. The third-order valence-electron chi connectivity index (χ3n) is 3.75. The van der Waals surface area contributed by atoms with Gasteiger partial charge in [-0.1, -0.05) is 0 Å². The number of benzene rings is 1. The molecule has 1 saturated heterocycles. The minimum absolute atomic E-state index is 0.225. The number of nitrogens with one attached hydrogen (secondary N) is 1. The molecule has 0 aliphatic carbocycles. The van der Waals surface area contributed by atoms with Gasteiger partial charge in [-0.2, -0.15) is 5.10 Å². The molecule has 0 amide bonds. The first-order valence-electron chi connectivity index (χ1n) is 7.57. The Balaban J connectivity index is 1.76. The number of anilines is 1. The van der Waals surface area contributed by atoms with Crippen LogP contribution in [0.1, 0.15) is 12.8 Å². The highest BCUT2D eigenvalue weighted by Crippen LogP contribution is 2.31. The highest BCUT2D eigenvalue weighted by molar-refractivity contribution is 5.63. The molecule has 1 N–H and O–H groups in total. The van der Waals surface area contributed by atoms with E-state index in [1.165, 1.54) is 0 Å². The average Bonchev–Trinajstić information content (AvgIpc) is 3.13. The van der Waals surface area contributed by atoms with E-state index < -0.39 is 0 Å². The van der Waals surface area contributed by atoms with Crippen molar-refractivity contribution in [1.29, 1.82) is 0 Å². The molecular weight excluding hydrogens is 296 g/mol. The van der Waals surface area contributed by atoms with Crippen molar-refractivity contribution in [3.05, 3.63) is 24.4 Å². The Kier molecular flexibility index (Phi) is 4.87. The summed E-state index contributed by atoms with van der Waals surface area (Å²) in [5.41, 5.74) is 1.61. The number of ether oxygens (including phenoxy) is 3. The number of hydrogen-bond donors (Lipinski definition) is 1. The summed E-state index contributed by atoms with van der Waals surface area (Å²) >= 11 is 0. The lowest BCUT2D eigenvalue weighted by Crippen LogP contribution is -2.19. The lowest BCUT2D eigenvalue weighted by Gasteiger charge is -2.11. The highest BCUT2D eigenvalue weighted by Gasteiger charge is 2.15. The molecule has 1 atom stereocenters. The van der Waals surface area contributed by atoms with Crippen molar-refractivity contribution >= 4 is 5.95 Å². The third-order valence-corrected chi connectivity index (χ3v) is 3.75. The van der Waals surface area contributed by atoms with E-state index in [0.29, 0.717) is 24.0 Å². The lowest BCUT2D eigenvalue weighted by atomic mass is 10.1. The van der Waals surface area contributed by atoms with Crippen LogP contribution in [0.2, 0.25) is 0 Å². The fourth-order valence-electron chi connectivity index (χ4n) is 2.52. The van der Waals surface area contributed by atoms with Crippen LogP contribution >= 0.6 is 0 Å². The molecule has 23 heavy (non-hydrogen) atoms. The summed E-state index contributed by atoms with van der Waals surface area (Å²) in [7, 11) is 3.21. The second kappa shape index (κ2) is 7.23. The lowest BCUT2D eigenvalue weighted by molar-refractivity contribution is 0.120. The smallest absolute Gasteiger partial charge is 0.243 e. The van der Waals surface area contributed by atoms with Crippen molar-refractivity contribution < 1.29 is 14.2 Å². The maximum atomic E-state index is 5.58. The van der Waals surface area contributed by atoms with Crippen molar-refractivity contribution in [2.45, 2.75) is 18.9 Å². The molecule has 3 rings (SSSR count). The fraction of sp³-hybridized carbons (Fsp3) is 0.438. The van der Waals surface area contributed by atoms with Crippen molar-refractivity contribution in [2.75, 3.05) is 32.7 Å². The fourth-order valence-corrected chi connectivity index (χ4v) is 2.52. The summed E-state index contributed by atoms with van der Waals surface area (Å²) in [4.78, 5) is 4.50. The molecule has 1 fully saturated rings. The first kappa shape index (κ1) is 15.5. The molecular formula is C16H20N4O3. The molecule has 0 saturated carbocycles. The van der Waals surface area contributed by atoms with Gasteiger partial charge in [0.15, 0.2) is 11.5 Å². The Morgan fingerprint density at radius 1 is 1.26 bits per heavy atom. The second-order valence-corrected chi connectivity index (χ2v) is 5.25. The SMILES string of the molecule is COc1ccc(-c2cnnc(NCC3CCCO3)n2)cc1OC. The van der Waals surface area contributed by atoms with Gasteiger partial charge < -0.3 is 19.5 Å². The molecule has 2 heterocycles. The molecule has 0 spiro atoms. The van der Waals surface area contributed by atoms with Gasteiger partial charge in [0.1, 0.15) is 0 Å². The number of hydrogen-bond acceptors (Lipinski definition) is 7. The standard InChI is InChI=1S/C16H20N4O3/c1-21-14-6-5-11(8-15(14)22-2)13-10-18-20-16(19-13)17-9-12-4-3-7-23-12/h5-6,8,10,12H,3-4,7,9H2,1-2H3,(H,17,19,20). The molecule has 1 aromatic carbocycles. The minimum Gasteiger partial charge on any atom is -0.493 e. The molecule has 0 radical (unpaired) electrons. The van der Waals surface area contributed by atoms with E-state index in [9.17, 15) is 0 Å². The van der Waals surface area contributed by atoms with E-state index in [4.69, 9.17) is 14.2 Å². The molecule has 1 aromatic heterocycles. The van der Waals surface area contributed by atoms with E-state index in [-0.39, 0.29) is 6.10 Å². The van der Waals surface area contributed by atoms with Crippen LogP contribution in [-0.4, -0.2) is 48.7 Å². The zero-order valence-corrected chi connectivity index (χ0v) is 13.3. The zero-order valence-electron chi connectivity index (χ0n) is 13.3. The Hall–Kier alpha value is -2.41. The molecule has 2 aromatic rings. The maximum absolute atomic E-state index is 5.58. The Morgan fingerprint density at radius 2 is 2.13 bits per heavy atom. The van der Waals surface area contributed by atoms with E-state index in [2.05, 4.69) is 20.5 Å². The van der Waals surface area contributed by atoms with Gasteiger partial charge in [0.25, 0.3) is 0 Å². The summed E-state index contributed by atoms with van der Waals surface area (Å²) in [6, 6.07) is 5.62. The Bertz CT molecular complexity index is 660. The van der Waals surface area contributed by atoms with Crippen molar-refractivity contribution in [3.63, 3.8) is 0 Å². The quantitative estimate of drug-likeness (QED) is 0.874. The summed E-state index contributed by atoms with van der Waals surface area (Å²) in [6.45, 7) is 1.52. The van der Waals surface area contributed by atoms with Crippen LogP contribution in [0.4, 0.5) is 5.95 Å². The topological polar surface area (TPSA) is 78.4 Å². The summed E-state index contributed by atoms with van der Waals surface area (Å²) in [6.07, 6.45) is 4.02. The largest absolute Gasteiger partial charge is 0.493 e. The van der Waals surface area contributed by atoms with Crippen molar-refractivity contribution in [3.8, 4) is 22.8 Å². The monoisotopic (exact) mass is 316 g/mol. The number of rotatable bonds is 6. The molecule has 7 heteroatoms. The minimum atomic E-state index is 0.225. The molecule has 1 aliphatic rings. The van der Waals surface area contributed by atoms with Gasteiger partial charge in [0.2, 0.25) is 5.95 Å². The van der Waals surface area contributed by atoms with Gasteiger partial charge in [-0.25, -0.2) is 4.98 Å². The van der Waals surface area contributed by atoms with Crippen LogP contribution < -0.4 is 14.8 Å². The van der Waals surface area contributed by atoms with Crippen LogP contribution in [0.25, 0.3) is 11.3 Å². The Morgan fingerprint density at radius 3 is 2.87 bits per heavy atom. The molecule has 0 bridgehead atoms. The van der Waals surface area contributed by atoms with Crippen LogP contribution in [0, 0.1) is 0 Å². The highest BCUT2D eigenvalue weighted by atomic mass is 16.5. The zero-order chi connectivity index (χ0) is 16.1. The second-order valence-electron chi connectivity index (χ2n) is 5.25. The van der Waals surface area contributed by atoms with E-state index in [0.717, 1.165) is 30.7 Å². The number of methoxy groups -OCH3 is 2. The van der Waals surface area contributed by atoms with Crippen LogP contribution in [-0.2, 0) is 4.74 Å². The normalized spacial score (nSPS) is 17.0. The molecule has 1 unspecified atom stereocenters. The van der Waals surface area contributed by atoms with Gasteiger partial charge in [-0.05, 0) is 31.0 Å². The van der Waals surface area contributed by atoms with E-state index in [1.807, 2.05) is 18.2 Å². The predicted molar refractivity (Wildman–Crippen MR) is 85.8 cm³/mol. The molecule has 1 aliphatic heterocycles. The van der Waals surface area contributed by atoms with Crippen LogP contribution in [0.3, 0.4) is 0 Å². The van der Waals surface area contributed by atoms with Gasteiger partial charge in [0, 0.05) is 18.7 Å². The van der Waals surface area contributed by atoms with E-state index in [1.54, 1.807) is 20.4 Å².